The van der Waals surface area contributed by atoms with Crippen molar-refractivity contribution in [3.8, 4) is 0 Å². The molecular weight excluding hydrogens is 304 g/mol. The number of nitrogens with zero attached hydrogens (tertiary/aromatic N) is 2. The van der Waals surface area contributed by atoms with Gasteiger partial charge in [-0.2, -0.15) is 0 Å². The van der Waals surface area contributed by atoms with Gasteiger partial charge in [0.05, 0.1) is 6.33 Å². The first kappa shape index (κ1) is 15.3. The van der Waals surface area contributed by atoms with E-state index in [0.717, 1.165) is 23.9 Å². The molecule has 1 heterocycles. The molecule has 0 N–H and O–H groups in total. The maximum absolute atomic E-state index is 6.63. The Labute approximate surface area is 143 Å². The molecule has 0 saturated heterocycles. The second-order valence-corrected chi connectivity index (χ2v) is 7.82. The summed E-state index contributed by atoms with van der Waals surface area (Å²) in [4.78, 5) is 4.16. The second-order valence-electron chi connectivity index (χ2n) is 7.41. The van der Waals surface area contributed by atoms with Gasteiger partial charge in [-0.05, 0) is 79.0 Å². The largest absolute Gasteiger partial charge is 0.337 e. The quantitative estimate of drug-likeness (QED) is 0.756. The standard InChI is InChI=1S/C20H25ClN2/c1-2-20-8-3-4-16-5-6-18(21)17(19(16)20)12-15(13-20)7-10-23-11-9-22-14-23/h5-6,9,11,14-15H,2-4,7-8,10,12-13H2,1H3/t15-,20-/m1/s1. The number of rotatable bonds is 4. The highest BCUT2D eigenvalue weighted by Crippen LogP contribution is 2.52. The van der Waals surface area contributed by atoms with Gasteiger partial charge in [0, 0.05) is 24.0 Å². The van der Waals surface area contributed by atoms with Gasteiger partial charge in [-0.15, -0.1) is 0 Å². The van der Waals surface area contributed by atoms with Gasteiger partial charge in [0.15, 0.2) is 0 Å². The molecule has 2 aromatic rings. The molecule has 0 unspecified atom stereocenters. The highest BCUT2D eigenvalue weighted by atomic mass is 35.5. The molecule has 0 radical (unpaired) electrons. The van der Waals surface area contributed by atoms with Gasteiger partial charge in [0.2, 0.25) is 0 Å². The van der Waals surface area contributed by atoms with Crippen LogP contribution in [0.4, 0.5) is 0 Å². The third kappa shape index (κ3) is 2.61. The Morgan fingerprint density at radius 3 is 3.09 bits per heavy atom. The summed E-state index contributed by atoms with van der Waals surface area (Å²) >= 11 is 6.63. The molecule has 0 aliphatic heterocycles. The van der Waals surface area contributed by atoms with Crippen molar-refractivity contribution in [3.63, 3.8) is 0 Å². The molecule has 122 valence electrons. The molecule has 0 fully saturated rings. The van der Waals surface area contributed by atoms with Crippen LogP contribution in [0.5, 0.6) is 0 Å². The van der Waals surface area contributed by atoms with Crippen LogP contribution >= 0.6 is 11.6 Å². The lowest BCUT2D eigenvalue weighted by Crippen LogP contribution is -2.38. The Morgan fingerprint density at radius 2 is 2.30 bits per heavy atom. The minimum absolute atomic E-state index is 0.381. The van der Waals surface area contributed by atoms with Gasteiger partial charge in [0.25, 0.3) is 0 Å². The normalized spacial score (nSPS) is 26.1. The van der Waals surface area contributed by atoms with E-state index in [-0.39, 0.29) is 0 Å². The fourth-order valence-electron chi connectivity index (χ4n) is 5.05. The third-order valence-electron chi connectivity index (χ3n) is 6.18. The Morgan fingerprint density at radius 1 is 1.39 bits per heavy atom. The van der Waals surface area contributed by atoms with Crippen LogP contribution in [0.15, 0.2) is 30.9 Å². The number of aromatic nitrogens is 2. The highest BCUT2D eigenvalue weighted by Gasteiger charge is 2.42. The summed E-state index contributed by atoms with van der Waals surface area (Å²) in [6.45, 7) is 3.44. The predicted octanol–water partition coefficient (Wildman–Crippen LogP) is 5.17. The molecule has 0 bridgehead atoms. The van der Waals surface area contributed by atoms with E-state index in [9.17, 15) is 0 Å². The summed E-state index contributed by atoms with van der Waals surface area (Å²) in [6, 6.07) is 4.43. The molecule has 3 heteroatoms. The minimum atomic E-state index is 0.381. The van der Waals surface area contributed by atoms with Crippen LogP contribution in [-0.2, 0) is 24.8 Å². The predicted molar refractivity (Wildman–Crippen MR) is 95.0 cm³/mol. The van der Waals surface area contributed by atoms with Gasteiger partial charge < -0.3 is 4.57 Å². The van der Waals surface area contributed by atoms with E-state index in [1.807, 2.05) is 12.5 Å². The Balaban J connectivity index is 1.66. The molecule has 0 spiro atoms. The lowest BCUT2D eigenvalue weighted by atomic mass is 9.58. The smallest absolute Gasteiger partial charge is 0.0945 e. The first-order chi connectivity index (χ1) is 11.2. The van der Waals surface area contributed by atoms with Gasteiger partial charge in [-0.1, -0.05) is 24.6 Å². The summed E-state index contributed by atoms with van der Waals surface area (Å²) in [7, 11) is 0. The van der Waals surface area contributed by atoms with Crippen LogP contribution in [0, 0.1) is 5.92 Å². The van der Waals surface area contributed by atoms with Gasteiger partial charge >= 0.3 is 0 Å². The molecule has 0 saturated carbocycles. The number of aryl methyl sites for hydroxylation is 2. The fraction of sp³-hybridized carbons (Fsp3) is 0.550. The molecule has 1 aromatic carbocycles. The van der Waals surface area contributed by atoms with Crippen molar-refractivity contribution in [1.29, 1.82) is 0 Å². The molecule has 2 aliphatic rings. The van der Waals surface area contributed by atoms with E-state index in [2.05, 4.69) is 34.8 Å². The van der Waals surface area contributed by atoms with E-state index >= 15 is 0 Å². The molecule has 1 aromatic heterocycles. The van der Waals surface area contributed by atoms with Crippen LogP contribution in [0.25, 0.3) is 0 Å². The number of benzene rings is 1. The van der Waals surface area contributed by atoms with E-state index in [0.29, 0.717) is 5.41 Å². The SMILES string of the molecule is CC[C@]12CCCc3ccc(Cl)c(c31)C[C@@H](CCn1ccnc1)C2. The Bertz CT molecular complexity index is 692. The van der Waals surface area contributed by atoms with Crippen molar-refractivity contribution in [2.45, 2.75) is 63.8 Å². The summed E-state index contributed by atoms with van der Waals surface area (Å²) in [5, 5.41) is 0.996. The van der Waals surface area contributed by atoms with Crippen molar-refractivity contribution < 1.29 is 0 Å². The first-order valence-electron chi connectivity index (χ1n) is 8.98. The van der Waals surface area contributed by atoms with Gasteiger partial charge in [-0.25, -0.2) is 4.98 Å². The van der Waals surface area contributed by atoms with Crippen molar-refractivity contribution in [2.24, 2.45) is 5.92 Å². The van der Waals surface area contributed by atoms with Crippen molar-refractivity contribution >= 4 is 11.6 Å². The summed E-state index contributed by atoms with van der Waals surface area (Å²) in [5.74, 6) is 0.732. The average molecular weight is 329 g/mol. The summed E-state index contributed by atoms with van der Waals surface area (Å²) in [6.07, 6.45) is 14.7. The first-order valence-corrected chi connectivity index (χ1v) is 9.36. The Hall–Kier alpha value is -1.28. The molecule has 23 heavy (non-hydrogen) atoms. The van der Waals surface area contributed by atoms with Crippen LogP contribution in [0.3, 0.4) is 0 Å². The molecule has 0 amide bonds. The molecule has 2 aliphatic carbocycles. The molecule has 2 nitrogen and oxygen atoms in total. The van der Waals surface area contributed by atoms with Crippen LogP contribution in [-0.4, -0.2) is 9.55 Å². The number of halogens is 1. The van der Waals surface area contributed by atoms with Gasteiger partial charge in [-0.3, -0.25) is 0 Å². The van der Waals surface area contributed by atoms with E-state index in [1.165, 1.54) is 44.1 Å². The van der Waals surface area contributed by atoms with Crippen LogP contribution in [0.2, 0.25) is 5.02 Å². The minimum Gasteiger partial charge on any atom is -0.337 e. The maximum atomic E-state index is 6.63. The number of imidazole rings is 1. The average Bonchev–Trinajstić information content (AvgIpc) is 3.09. The van der Waals surface area contributed by atoms with Crippen LogP contribution < -0.4 is 0 Å². The zero-order valence-corrected chi connectivity index (χ0v) is 14.6. The zero-order valence-electron chi connectivity index (χ0n) is 13.9. The van der Waals surface area contributed by atoms with Crippen molar-refractivity contribution in [3.05, 3.63) is 52.6 Å². The topological polar surface area (TPSA) is 17.8 Å². The number of hydrogen-bond acceptors (Lipinski definition) is 1. The monoisotopic (exact) mass is 328 g/mol. The second kappa shape index (κ2) is 5.98. The maximum Gasteiger partial charge on any atom is 0.0945 e. The van der Waals surface area contributed by atoms with E-state index in [4.69, 9.17) is 11.6 Å². The lowest BCUT2D eigenvalue weighted by Gasteiger charge is -2.46. The zero-order chi connectivity index (χ0) is 15.9. The number of hydrogen-bond donors (Lipinski definition) is 0. The van der Waals surface area contributed by atoms with Gasteiger partial charge in [0.1, 0.15) is 0 Å². The van der Waals surface area contributed by atoms with E-state index < -0.39 is 0 Å². The summed E-state index contributed by atoms with van der Waals surface area (Å²) in [5.41, 5.74) is 5.06. The van der Waals surface area contributed by atoms with Crippen molar-refractivity contribution in [2.75, 3.05) is 0 Å². The van der Waals surface area contributed by atoms with Crippen molar-refractivity contribution in [1.82, 2.24) is 9.55 Å². The Kier molecular flexibility index (Phi) is 3.96. The van der Waals surface area contributed by atoms with E-state index in [1.54, 1.807) is 11.1 Å². The highest BCUT2D eigenvalue weighted by molar-refractivity contribution is 6.31. The fourth-order valence-corrected chi connectivity index (χ4v) is 5.29. The molecule has 2 atom stereocenters. The molecule has 4 rings (SSSR count). The molecular formula is C20H25ClN2. The lowest BCUT2D eigenvalue weighted by molar-refractivity contribution is 0.229. The van der Waals surface area contributed by atoms with Crippen LogP contribution in [0.1, 0.15) is 55.7 Å². The third-order valence-corrected chi connectivity index (χ3v) is 6.53. The summed E-state index contributed by atoms with van der Waals surface area (Å²) < 4.78 is 2.20.